The van der Waals surface area contributed by atoms with E-state index >= 15 is 0 Å². The lowest BCUT2D eigenvalue weighted by atomic mass is 10.3. The van der Waals surface area contributed by atoms with Gasteiger partial charge in [-0.2, -0.15) is 0 Å². The molecule has 0 saturated heterocycles. The van der Waals surface area contributed by atoms with E-state index in [1.54, 1.807) is 0 Å². The molecule has 1 aromatic rings. The lowest BCUT2D eigenvalue weighted by Crippen LogP contribution is -2.06. The standard InChI is InChI=1S/C7H9ClO6P2S/c8-5-1-3-6(4-2-5)14-16(12,13)7(17)15(9,10)11/h1-4,7,17H,(H,12,13)(H2,9,10,11). The molecule has 0 aromatic heterocycles. The summed E-state index contributed by atoms with van der Waals surface area (Å²) in [4.78, 5) is 26.9. The van der Waals surface area contributed by atoms with Gasteiger partial charge in [0.2, 0.25) is 4.73 Å². The minimum absolute atomic E-state index is 0.0345. The number of hydrogen-bond acceptors (Lipinski definition) is 4. The fourth-order valence-electron chi connectivity index (χ4n) is 0.884. The van der Waals surface area contributed by atoms with Gasteiger partial charge in [-0.05, 0) is 24.3 Å². The van der Waals surface area contributed by atoms with Gasteiger partial charge in [-0.15, -0.1) is 12.6 Å². The Bertz CT molecular complexity index is 486. The molecule has 0 fully saturated rings. The second-order valence-corrected chi connectivity index (χ2v) is 8.74. The van der Waals surface area contributed by atoms with Crippen molar-refractivity contribution in [2.45, 2.75) is 4.73 Å². The Labute approximate surface area is 108 Å². The predicted molar refractivity (Wildman–Crippen MR) is 66.7 cm³/mol. The summed E-state index contributed by atoms with van der Waals surface area (Å²) >= 11 is 9.01. The molecule has 0 radical (unpaired) electrons. The van der Waals surface area contributed by atoms with Crippen molar-refractivity contribution in [3.05, 3.63) is 29.3 Å². The van der Waals surface area contributed by atoms with Crippen molar-refractivity contribution in [1.29, 1.82) is 0 Å². The molecule has 1 aromatic carbocycles. The highest BCUT2D eigenvalue weighted by atomic mass is 35.5. The summed E-state index contributed by atoms with van der Waals surface area (Å²) in [7, 11) is -9.41. The summed E-state index contributed by atoms with van der Waals surface area (Å²) in [6.45, 7) is 0. The molecule has 0 aliphatic rings. The first kappa shape index (κ1) is 15.1. The number of thiol groups is 1. The molecule has 0 bridgehead atoms. The summed E-state index contributed by atoms with van der Waals surface area (Å²) in [6.07, 6.45) is 0. The van der Waals surface area contributed by atoms with Gasteiger partial charge >= 0.3 is 15.2 Å². The number of hydrogen-bond donors (Lipinski definition) is 4. The van der Waals surface area contributed by atoms with Gasteiger partial charge in [-0.25, -0.2) is 4.57 Å². The van der Waals surface area contributed by atoms with Crippen molar-refractivity contribution in [2.24, 2.45) is 0 Å². The molecule has 2 unspecified atom stereocenters. The highest BCUT2D eigenvalue weighted by Gasteiger charge is 2.44. The van der Waals surface area contributed by atoms with E-state index in [-0.39, 0.29) is 5.75 Å². The van der Waals surface area contributed by atoms with Gasteiger partial charge in [0.25, 0.3) is 0 Å². The quantitative estimate of drug-likeness (QED) is 0.501. The smallest absolute Gasteiger partial charge is 0.401 e. The highest BCUT2D eigenvalue weighted by Crippen LogP contribution is 2.64. The van der Waals surface area contributed by atoms with Gasteiger partial charge < -0.3 is 19.2 Å². The molecule has 10 heteroatoms. The third-order valence-electron chi connectivity index (χ3n) is 1.64. The zero-order chi connectivity index (χ0) is 13.3. The molecule has 0 spiro atoms. The summed E-state index contributed by atoms with van der Waals surface area (Å²) in [5.41, 5.74) is 0. The Hall–Kier alpha value is -0.000000000000000111. The van der Waals surface area contributed by atoms with E-state index in [2.05, 4.69) is 17.2 Å². The van der Waals surface area contributed by atoms with Crippen LogP contribution in [0.5, 0.6) is 5.75 Å². The maximum Gasteiger partial charge on any atom is 0.401 e. The first-order valence-corrected chi connectivity index (χ1v) is 8.36. The summed E-state index contributed by atoms with van der Waals surface area (Å²) < 4.78 is 24.9. The van der Waals surface area contributed by atoms with Crippen molar-refractivity contribution in [3.8, 4) is 5.75 Å². The number of rotatable bonds is 4. The first-order chi connectivity index (χ1) is 7.63. The van der Waals surface area contributed by atoms with E-state index in [0.29, 0.717) is 5.02 Å². The average Bonchev–Trinajstić information content (AvgIpc) is 2.19. The molecular weight excluding hydrogens is 310 g/mol. The Morgan fingerprint density at radius 2 is 1.65 bits per heavy atom. The molecule has 17 heavy (non-hydrogen) atoms. The van der Waals surface area contributed by atoms with Crippen LogP contribution in [0.15, 0.2) is 24.3 Å². The summed E-state index contributed by atoms with van der Waals surface area (Å²) in [5, 5.41) is 0.391. The molecule has 6 nitrogen and oxygen atoms in total. The second-order valence-electron chi connectivity index (χ2n) is 3.04. The SMILES string of the molecule is O=P(O)(O)C(S)P(=O)(O)Oc1ccc(Cl)cc1. The molecule has 0 aliphatic carbocycles. The van der Waals surface area contributed by atoms with Crippen LogP contribution >= 0.6 is 39.4 Å². The molecule has 3 N–H and O–H groups in total. The molecule has 96 valence electrons. The fourth-order valence-corrected chi connectivity index (χ4v) is 3.33. The average molecular weight is 319 g/mol. The van der Waals surface area contributed by atoms with Crippen LogP contribution in [0.3, 0.4) is 0 Å². The van der Waals surface area contributed by atoms with Crippen LogP contribution in [0.4, 0.5) is 0 Å². The third kappa shape index (κ3) is 4.30. The Kier molecular flexibility index (Phi) is 4.72. The molecule has 2 atom stereocenters. The fraction of sp³-hybridized carbons (Fsp3) is 0.143. The van der Waals surface area contributed by atoms with E-state index in [1.165, 1.54) is 24.3 Å². The monoisotopic (exact) mass is 318 g/mol. The van der Waals surface area contributed by atoms with Gasteiger partial charge in [0.05, 0.1) is 0 Å². The minimum atomic E-state index is -4.82. The maximum absolute atomic E-state index is 11.5. The molecular formula is C7H9ClO6P2S. The molecule has 0 saturated carbocycles. The van der Waals surface area contributed by atoms with Gasteiger partial charge in [0.15, 0.2) is 0 Å². The van der Waals surface area contributed by atoms with Crippen molar-refractivity contribution in [1.82, 2.24) is 0 Å². The van der Waals surface area contributed by atoms with E-state index < -0.39 is 19.9 Å². The molecule has 1 rings (SSSR count). The van der Waals surface area contributed by atoms with Crippen molar-refractivity contribution < 1.29 is 28.3 Å². The molecule has 0 heterocycles. The predicted octanol–water partition coefficient (Wildman–Crippen LogP) is 2.30. The first-order valence-electron chi connectivity index (χ1n) is 4.14. The van der Waals surface area contributed by atoms with Gasteiger partial charge in [-0.1, -0.05) is 11.6 Å². The molecule has 0 amide bonds. The number of benzene rings is 1. The maximum atomic E-state index is 11.5. The molecule has 0 aliphatic heterocycles. The van der Waals surface area contributed by atoms with E-state index in [0.717, 1.165) is 0 Å². The van der Waals surface area contributed by atoms with Crippen LogP contribution in [0, 0.1) is 0 Å². The Balaban J connectivity index is 2.90. The lowest BCUT2D eigenvalue weighted by molar-refractivity contribution is 0.356. The van der Waals surface area contributed by atoms with Gasteiger partial charge in [0.1, 0.15) is 5.75 Å². The summed E-state index contributed by atoms with van der Waals surface area (Å²) in [5.74, 6) is -0.0345. The van der Waals surface area contributed by atoms with E-state index in [9.17, 15) is 14.0 Å². The Morgan fingerprint density at radius 3 is 2.06 bits per heavy atom. The topological polar surface area (TPSA) is 104 Å². The van der Waals surface area contributed by atoms with Crippen LogP contribution in [-0.4, -0.2) is 19.4 Å². The Morgan fingerprint density at radius 1 is 1.18 bits per heavy atom. The van der Waals surface area contributed by atoms with E-state index in [1.807, 2.05) is 0 Å². The third-order valence-corrected chi connectivity index (χ3v) is 7.11. The van der Waals surface area contributed by atoms with Gasteiger partial charge in [-0.3, -0.25) is 4.57 Å². The second kappa shape index (κ2) is 5.33. The largest absolute Gasteiger partial charge is 0.423 e. The normalized spacial score (nSPS) is 17.2. The van der Waals surface area contributed by atoms with Crippen LogP contribution in [0.2, 0.25) is 5.02 Å². The zero-order valence-electron chi connectivity index (χ0n) is 8.17. The van der Waals surface area contributed by atoms with Crippen LogP contribution in [0.25, 0.3) is 0 Å². The minimum Gasteiger partial charge on any atom is -0.423 e. The zero-order valence-corrected chi connectivity index (χ0v) is 11.6. The van der Waals surface area contributed by atoms with Crippen LogP contribution < -0.4 is 4.52 Å². The van der Waals surface area contributed by atoms with Crippen molar-refractivity contribution in [2.75, 3.05) is 0 Å². The van der Waals surface area contributed by atoms with E-state index in [4.69, 9.17) is 21.4 Å². The number of halogens is 1. The summed E-state index contributed by atoms with van der Waals surface area (Å²) in [6, 6.07) is 5.40. The lowest BCUT2D eigenvalue weighted by Gasteiger charge is -2.19. The van der Waals surface area contributed by atoms with Crippen LogP contribution in [-0.2, 0) is 9.13 Å². The van der Waals surface area contributed by atoms with Gasteiger partial charge in [0, 0.05) is 5.02 Å². The highest BCUT2D eigenvalue weighted by molar-refractivity contribution is 8.00. The van der Waals surface area contributed by atoms with Crippen LogP contribution in [0.1, 0.15) is 0 Å². The van der Waals surface area contributed by atoms with Crippen molar-refractivity contribution in [3.63, 3.8) is 0 Å². The van der Waals surface area contributed by atoms with Crippen molar-refractivity contribution >= 4 is 39.4 Å².